The van der Waals surface area contributed by atoms with Gasteiger partial charge < -0.3 is 19.3 Å². The molecule has 2 rings (SSSR count). The zero-order valence-electron chi connectivity index (χ0n) is 10.0. The van der Waals surface area contributed by atoms with Crippen LogP contribution in [0.5, 0.6) is 17.2 Å². The van der Waals surface area contributed by atoms with E-state index < -0.39 is 5.41 Å². The Balaban J connectivity index is 2.70. The van der Waals surface area contributed by atoms with Gasteiger partial charge in [0.25, 0.3) is 0 Å². The van der Waals surface area contributed by atoms with Crippen LogP contribution < -0.4 is 14.2 Å². The minimum absolute atomic E-state index is 0.00435. The predicted octanol–water partition coefficient (Wildman–Crippen LogP) is 2.46. The topological polar surface area (TPSA) is 47.9 Å². The van der Waals surface area contributed by atoms with Crippen LogP contribution in [0.15, 0.2) is 10.5 Å². The fourth-order valence-electron chi connectivity index (χ4n) is 1.89. The first-order valence-electron chi connectivity index (χ1n) is 5.28. The Morgan fingerprint density at radius 1 is 1.47 bits per heavy atom. The summed E-state index contributed by atoms with van der Waals surface area (Å²) in [7, 11) is 1.60. The number of aliphatic hydroxyl groups excluding tert-OH is 1. The van der Waals surface area contributed by atoms with Gasteiger partial charge in [0, 0.05) is 17.0 Å². The molecule has 1 aromatic carbocycles. The summed E-state index contributed by atoms with van der Waals surface area (Å²) in [5.74, 6) is 2.01. The Morgan fingerprint density at radius 2 is 2.18 bits per heavy atom. The molecular formula is C12H15BrO4. The number of rotatable bonds is 3. The number of halogens is 1. The van der Waals surface area contributed by atoms with Gasteiger partial charge in [0.05, 0.1) is 18.2 Å². The van der Waals surface area contributed by atoms with Gasteiger partial charge in [-0.25, -0.2) is 0 Å². The normalized spacial score (nSPS) is 13.9. The van der Waals surface area contributed by atoms with Crippen LogP contribution >= 0.6 is 15.9 Å². The van der Waals surface area contributed by atoms with Gasteiger partial charge in [-0.15, -0.1) is 0 Å². The molecule has 0 saturated heterocycles. The maximum atomic E-state index is 9.52. The van der Waals surface area contributed by atoms with Crippen LogP contribution in [0.4, 0.5) is 0 Å². The van der Waals surface area contributed by atoms with Crippen molar-refractivity contribution >= 4 is 15.9 Å². The van der Waals surface area contributed by atoms with Crippen molar-refractivity contribution < 1.29 is 19.3 Å². The van der Waals surface area contributed by atoms with E-state index in [1.165, 1.54) is 0 Å². The zero-order valence-corrected chi connectivity index (χ0v) is 11.6. The van der Waals surface area contributed by atoms with Crippen molar-refractivity contribution in [2.75, 3.05) is 20.5 Å². The molecule has 0 aromatic heterocycles. The molecule has 0 radical (unpaired) electrons. The van der Waals surface area contributed by atoms with E-state index in [4.69, 9.17) is 14.2 Å². The Morgan fingerprint density at radius 3 is 2.76 bits per heavy atom. The summed E-state index contributed by atoms with van der Waals surface area (Å²) in [6, 6.07) is 1.82. The maximum Gasteiger partial charge on any atom is 0.231 e. The van der Waals surface area contributed by atoms with Gasteiger partial charge in [0.1, 0.15) is 5.75 Å². The summed E-state index contributed by atoms with van der Waals surface area (Å²) in [5, 5.41) is 9.52. The molecule has 1 heterocycles. The summed E-state index contributed by atoms with van der Waals surface area (Å²) < 4.78 is 17.0. The largest absolute Gasteiger partial charge is 0.495 e. The highest BCUT2D eigenvalue weighted by atomic mass is 79.9. The lowest BCUT2D eigenvalue weighted by Crippen LogP contribution is -2.23. The van der Waals surface area contributed by atoms with Gasteiger partial charge in [0.2, 0.25) is 6.79 Å². The van der Waals surface area contributed by atoms with E-state index in [2.05, 4.69) is 15.9 Å². The second kappa shape index (κ2) is 4.38. The van der Waals surface area contributed by atoms with E-state index in [1.807, 2.05) is 19.9 Å². The monoisotopic (exact) mass is 302 g/mol. The minimum atomic E-state index is -0.465. The lowest BCUT2D eigenvalue weighted by molar-refractivity contribution is 0.168. The van der Waals surface area contributed by atoms with Crippen molar-refractivity contribution in [1.82, 2.24) is 0 Å². The van der Waals surface area contributed by atoms with E-state index in [-0.39, 0.29) is 13.4 Å². The number of hydrogen-bond donors (Lipinski definition) is 1. The third-order valence-corrected chi connectivity index (χ3v) is 3.44. The molecule has 1 aliphatic heterocycles. The van der Waals surface area contributed by atoms with Crippen molar-refractivity contribution in [3.8, 4) is 17.2 Å². The summed E-state index contributed by atoms with van der Waals surface area (Å²) >= 11 is 3.44. The molecule has 1 aliphatic rings. The molecule has 0 unspecified atom stereocenters. The van der Waals surface area contributed by atoms with Crippen LogP contribution in [0.1, 0.15) is 19.4 Å². The lowest BCUT2D eigenvalue weighted by Gasteiger charge is -2.26. The highest BCUT2D eigenvalue weighted by Gasteiger charge is 2.34. The second-order valence-electron chi connectivity index (χ2n) is 4.54. The van der Waals surface area contributed by atoms with Crippen LogP contribution in [-0.2, 0) is 5.41 Å². The summed E-state index contributed by atoms with van der Waals surface area (Å²) in [5.41, 5.74) is 0.358. The highest BCUT2D eigenvalue weighted by Crippen LogP contribution is 2.50. The Labute approximate surface area is 109 Å². The molecule has 94 valence electrons. The van der Waals surface area contributed by atoms with Gasteiger partial charge in [-0.1, -0.05) is 13.8 Å². The Hall–Kier alpha value is -0.940. The molecule has 5 heteroatoms. The van der Waals surface area contributed by atoms with Crippen LogP contribution in [0.25, 0.3) is 0 Å². The SMILES string of the molecule is COc1c(Br)cc2c(c1C(C)(C)CO)OCO2. The highest BCUT2D eigenvalue weighted by molar-refractivity contribution is 9.10. The van der Waals surface area contributed by atoms with Gasteiger partial charge in [-0.3, -0.25) is 0 Å². The molecule has 0 atom stereocenters. The number of ether oxygens (including phenoxy) is 3. The summed E-state index contributed by atoms with van der Waals surface area (Å²) in [4.78, 5) is 0. The Bertz CT molecular complexity index is 439. The first kappa shape index (κ1) is 12.5. The van der Waals surface area contributed by atoms with Crippen LogP contribution in [-0.4, -0.2) is 25.6 Å². The second-order valence-corrected chi connectivity index (χ2v) is 5.40. The molecule has 0 saturated carbocycles. The third-order valence-electron chi connectivity index (χ3n) is 2.85. The van der Waals surface area contributed by atoms with Crippen molar-refractivity contribution in [1.29, 1.82) is 0 Å². The number of hydrogen-bond acceptors (Lipinski definition) is 4. The molecule has 4 nitrogen and oxygen atoms in total. The predicted molar refractivity (Wildman–Crippen MR) is 66.9 cm³/mol. The molecule has 0 aliphatic carbocycles. The lowest BCUT2D eigenvalue weighted by atomic mass is 9.84. The standard InChI is InChI=1S/C12H15BrO4/c1-12(2,5-14)9-10(15-3)7(13)4-8-11(9)17-6-16-8/h4,14H,5-6H2,1-3H3. The maximum absolute atomic E-state index is 9.52. The molecule has 1 N–H and O–H groups in total. The fraction of sp³-hybridized carbons (Fsp3) is 0.500. The van der Waals surface area contributed by atoms with Gasteiger partial charge >= 0.3 is 0 Å². The van der Waals surface area contributed by atoms with Crippen LogP contribution in [0, 0.1) is 0 Å². The average molecular weight is 303 g/mol. The van der Waals surface area contributed by atoms with Crippen molar-refractivity contribution in [2.45, 2.75) is 19.3 Å². The van der Waals surface area contributed by atoms with Crippen LogP contribution in [0.2, 0.25) is 0 Å². The third kappa shape index (κ3) is 1.98. The van der Waals surface area contributed by atoms with Gasteiger partial charge in [0.15, 0.2) is 11.5 Å². The Kier molecular flexibility index (Phi) is 3.23. The summed E-state index contributed by atoms with van der Waals surface area (Å²) in [6.07, 6.45) is 0. The van der Waals surface area contributed by atoms with Crippen molar-refractivity contribution in [3.05, 3.63) is 16.1 Å². The zero-order chi connectivity index (χ0) is 12.6. The minimum Gasteiger partial charge on any atom is -0.495 e. The molecule has 0 amide bonds. The average Bonchev–Trinajstić information content (AvgIpc) is 2.74. The first-order valence-corrected chi connectivity index (χ1v) is 6.08. The number of fused-ring (bicyclic) bond motifs is 1. The summed E-state index contributed by atoms with van der Waals surface area (Å²) in [6.45, 7) is 4.05. The van der Waals surface area contributed by atoms with E-state index in [1.54, 1.807) is 7.11 Å². The van der Waals surface area contributed by atoms with E-state index in [9.17, 15) is 5.11 Å². The molecule has 0 spiro atoms. The van der Waals surface area contributed by atoms with E-state index >= 15 is 0 Å². The fourth-order valence-corrected chi connectivity index (χ4v) is 2.46. The molecular weight excluding hydrogens is 288 g/mol. The van der Waals surface area contributed by atoms with Gasteiger partial charge in [-0.05, 0) is 15.9 Å². The first-order chi connectivity index (χ1) is 8.01. The van der Waals surface area contributed by atoms with Crippen LogP contribution in [0.3, 0.4) is 0 Å². The quantitative estimate of drug-likeness (QED) is 0.932. The molecule has 0 fully saturated rings. The molecule has 17 heavy (non-hydrogen) atoms. The molecule has 0 bridgehead atoms. The molecule has 1 aromatic rings. The number of benzene rings is 1. The van der Waals surface area contributed by atoms with Crippen molar-refractivity contribution in [2.24, 2.45) is 0 Å². The number of methoxy groups -OCH3 is 1. The van der Waals surface area contributed by atoms with E-state index in [0.717, 1.165) is 10.0 Å². The number of aliphatic hydroxyl groups is 1. The van der Waals surface area contributed by atoms with E-state index in [0.29, 0.717) is 17.2 Å². The smallest absolute Gasteiger partial charge is 0.231 e. The van der Waals surface area contributed by atoms with Crippen molar-refractivity contribution in [3.63, 3.8) is 0 Å². The van der Waals surface area contributed by atoms with Gasteiger partial charge in [-0.2, -0.15) is 0 Å².